The van der Waals surface area contributed by atoms with Crippen LogP contribution in [0.2, 0.25) is 0 Å². The van der Waals surface area contributed by atoms with Gasteiger partial charge in [0.05, 0.1) is 13.1 Å². The van der Waals surface area contributed by atoms with Gasteiger partial charge < -0.3 is 10.2 Å². The molecule has 1 aromatic carbocycles. The van der Waals surface area contributed by atoms with Gasteiger partial charge in [-0.3, -0.25) is 15.0 Å². The van der Waals surface area contributed by atoms with E-state index in [1.165, 1.54) is 37.0 Å². The number of likely N-dealkylation sites (tertiary alicyclic amines) is 1. The fourth-order valence-corrected chi connectivity index (χ4v) is 5.06. The lowest BCUT2D eigenvalue weighted by atomic mass is 9.75. The van der Waals surface area contributed by atoms with Crippen LogP contribution in [0.1, 0.15) is 44.6 Å². The predicted molar refractivity (Wildman–Crippen MR) is 103 cm³/mol. The van der Waals surface area contributed by atoms with E-state index in [0.717, 1.165) is 24.0 Å². The van der Waals surface area contributed by atoms with Gasteiger partial charge in [-0.1, -0.05) is 43.2 Å². The summed E-state index contributed by atoms with van der Waals surface area (Å²) in [6, 6.07) is 8.49. The summed E-state index contributed by atoms with van der Waals surface area (Å²) in [5.41, 5.74) is 2.06. The van der Waals surface area contributed by atoms with E-state index < -0.39 is 17.5 Å². The summed E-state index contributed by atoms with van der Waals surface area (Å²) in [6.45, 7) is 3.95. The summed E-state index contributed by atoms with van der Waals surface area (Å²) in [5, 5.41) is 3.54. The molecule has 0 bridgehead atoms. The first kappa shape index (κ1) is 18.9. The van der Waals surface area contributed by atoms with Gasteiger partial charge in [-0.25, -0.2) is 4.79 Å². The number of nitrogens with zero attached hydrogens (tertiary/aromatic N) is 1. The fraction of sp³-hybridized carbons (Fsp3) is 0.571. The summed E-state index contributed by atoms with van der Waals surface area (Å²) >= 11 is 0. The van der Waals surface area contributed by atoms with Crippen molar-refractivity contribution >= 4 is 17.8 Å². The Hall–Kier alpha value is -2.41. The van der Waals surface area contributed by atoms with Crippen molar-refractivity contribution in [1.29, 1.82) is 0 Å². The minimum absolute atomic E-state index is 0.287. The molecule has 4 amide bonds. The molecule has 3 fully saturated rings. The summed E-state index contributed by atoms with van der Waals surface area (Å²) in [6.07, 6.45) is 6.38. The molecule has 3 N–H and O–H groups in total. The number of urea groups is 1. The molecule has 1 saturated carbocycles. The van der Waals surface area contributed by atoms with Crippen molar-refractivity contribution in [3.63, 3.8) is 0 Å². The Morgan fingerprint density at radius 2 is 1.89 bits per heavy atom. The lowest BCUT2D eigenvalue weighted by molar-refractivity contribution is -0.902. The molecular weight excluding hydrogens is 356 g/mol. The third-order valence-corrected chi connectivity index (χ3v) is 6.68. The maximum atomic E-state index is 12.9. The molecule has 3 aliphatic rings. The summed E-state index contributed by atoms with van der Waals surface area (Å²) in [7, 11) is 0. The highest BCUT2D eigenvalue weighted by Gasteiger charge is 2.50. The van der Waals surface area contributed by atoms with E-state index in [9.17, 15) is 14.4 Å². The highest BCUT2D eigenvalue weighted by Crippen LogP contribution is 2.32. The molecule has 1 aliphatic carbocycles. The van der Waals surface area contributed by atoms with E-state index in [1.54, 1.807) is 19.1 Å². The maximum absolute atomic E-state index is 12.9. The van der Waals surface area contributed by atoms with Crippen LogP contribution in [-0.4, -0.2) is 42.5 Å². The molecule has 150 valence electrons. The number of amides is 4. The number of quaternary nitrogens is 1. The molecule has 2 aliphatic heterocycles. The van der Waals surface area contributed by atoms with Crippen molar-refractivity contribution in [2.45, 2.75) is 44.6 Å². The SMILES string of the molecule is C[C@@]1(c2ccccc2)NC(=O)N(NC(=O)C[NH+]2CC[C@@H]3CCCC[C@@H]3C2)C1=O. The second-order valence-corrected chi connectivity index (χ2v) is 8.57. The molecule has 0 radical (unpaired) electrons. The third kappa shape index (κ3) is 3.51. The third-order valence-electron chi connectivity index (χ3n) is 6.68. The van der Waals surface area contributed by atoms with E-state index >= 15 is 0 Å². The summed E-state index contributed by atoms with van der Waals surface area (Å²) < 4.78 is 0. The summed E-state index contributed by atoms with van der Waals surface area (Å²) in [5.74, 6) is 0.782. The van der Waals surface area contributed by atoms with Gasteiger partial charge >= 0.3 is 6.03 Å². The first-order valence-corrected chi connectivity index (χ1v) is 10.3. The van der Waals surface area contributed by atoms with E-state index in [0.29, 0.717) is 18.0 Å². The molecule has 0 aromatic heterocycles. The van der Waals surface area contributed by atoms with Crippen LogP contribution in [0.3, 0.4) is 0 Å². The molecule has 0 spiro atoms. The first-order valence-electron chi connectivity index (χ1n) is 10.3. The molecule has 4 rings (SSSR count). The second-order valence-electron chi connectivity index (χ2n) is 8.57. The van der Waals surface area contributed by atoms with Crippen LogP contribution in [0.15, 0.2) is 30.3 Å². The number of hydrogen-bond acceptors (Lipinski definition) is 3. The number of imide groups is 1. The Morgan fingerprint density at radius 3 is 2.64 bits per heavy atom. The Balaban J connectivity index is 1.37. The van der Waals surface area contributed by atoms with Crippen LogP contribution < -0.4 is 15.6 Å². The number of nitrogens with one attached hydrogen (secondary N) is 3. The lowest BCUT2D eigenvalue weighted by Crippen LogP contribution is -3.15. The topological polar surface area (TPSA) is 83.0 Å². The summed E-state index contributed by atoms with van der Waals surface area (Å²) in [4.78, 5) is 39.0. The van der Waals surface area contributed by atoms with E-state index in [2.05, 4.69) is 10.7 Å². The van der Waals surface area contributed by atoms with Gasteiger partial charge in [0.25, 0.3) is 11.8 Å². The molecule has 4 atom stereocenters. The number of piperidine rings is 1. The average molecular weight is 385 g/mol. The number of carbonyl (C=O) groups excluding carboxylic acids is 3. The number of fused-ring (bicyclic) bond motifs is 1. The molecule has 2 saturated heterocycles. The molecule has 7 heteroatoms. The zero-order valence-corrected chi connectivity index (χ0v) is 16.4. The van der Waals surface area contributed by atoms with Crippen molar-refractivity contribution in [3.05, 3.63) is 35.9 Å². The van der Waals surface area contributed by atoms with Gasteiger partial charge in [-0.2, -0.15) is 5.01 Å². The van der Waals surface area contributed by atoms with E-state index in [4.69, 9.17) is 0 Å². The maximum Gasteiger partial charge on any atom is 0.344 e. The molecule has 28 heavy (non-hydrogen) atoms. The highest BCUT2D eigenvalue weighted by atomic mass is 16.2. The van der Waals surface area contributed by atoms with Gasteiger partial charge in [-0.05, 0) is 37.7 Å². The molecule has 1 unspecified atom stereocenters. The molecule has 7 nitrogen and oxygen atoms in total. The zero-order valence-electron chi connectivity index (χ0n) is 16.4. The first-order chi connectivity index (χ1) is 13.5. The number of rotatable bonds is 4. The van der Waals surface area contributed by atoms with Crippen molar-refractivity contribution in [2.24, 2.45) is 11.8 Å². The van der Waals surface area contributed by atoms with Gasteiger partial charge in [0, 0.05) is 5.92 Å². The van der Waals surface area contributed by atoms with Crippen molar-refractivity contribution < 1.29 is 19.3 Å². The number of hydrazine groups is 1. The minimum atomic E-state index is -1.17. The molecule has 2 heterocycles. The van der Waals surface area contributed by atoms with E-state index in [1.807, 2.05) is 18.2 Å². The number of benzene rings is 1. The Kier molecular flexibility index (Phi) is 5.10. The van der Waals surface area contributed by atoms with Gasteiger partial charge in [0.1, 0.15) is 5.54 Å². The Labute approximate surface area is 165 Å². The largest absolute Gasteiger partial charge is 0.344 e. The van der Waals surface area contributed by atoms with Crippen LogP contribution >= 0.6 is 0 Å². The second kappa shape index (κ2) is 7.54. The van der Waals surface area contributed by atoms with Crippen molar-refractivity contribution in [3.8, 4) is 0 Å². The van der Waals surface area contributed by atoms with Crippen LogP contribution in [0.5, 0.6) is 0 Å². The van der Waals surface area contributed by atoms with Crippen molar-refractivity contribution in [2.75, 3.05) is 19.6 Å². The fourth-order valence-electron chi connectivity index (χ4n) is 5.06. The lowest BCUT2D eigenvalue weighted by Gasteiger charge is -2.38. The Bertz CT molecular complexity index is 768. The standard InChI is InChI=1S/C21H28N4O3/c1-21(17-9-3-2-4-10-17)19(27)25(20(28)22-21)23-18(26)14-24-12-11-15-7-5-6-8-16(15)13-24/h2-4,9-10,15-16H,5-8,11-14H2,1H3,(H,22,28)(H,23,26)/p+1/t15-,16+,21-/m0/s1. The zero-order chi connectivity index (χ0) is 19.7. The van der Waals surface area contributed by atoms with Gasteiger partial charge in [0.15, 0.2) is 6.54 Å². The average Bonchev–Trinajstić information content (AvgIpc) is 2.92. The van der Waals surface area contributed by atoms with Crippen molar-refractivity contribution in [1.82, 2.24) is 15.8 Å². The van der Waals surface area contributed by atoms with Crippen LogP contribution in [-0.2, 0) is 15.1 Å². The number of carbonyl (C=O) groups is 3. The van der Waals surface area contributed by atoms with Crippen LogP contribution in [0.25, 0.3) is 0 Å². The molecule has 1 aromatic rings. The predicted octanol–water partition coefficient (Wildman–Crippen LogP) is 0.580. The Morgan fingerprint density at radius 1 is 1.18 bits per heavy atom. The number of hydrogen-bond donors (Lipinski definition) is 3. The smallest absolute Gasteiger partial charge is 0.327 e. The quantitative estimate of drug-likeness (QED) is 0.663. The highest BCUT2D eigenvalue weighted by molar-refractivity contribution is 6.08. The van der Waals surface area contributed by atoms with E-state index in [-0.39, 0.29) is 5.91 Å². The van der Waals surface area contributed by atoms with Crippen LogP contribution in [0.4, 0.5) is 4.79 Å². The normalized spacial score (nSPS) is 32.6. The monoisotopic (exact) mass is 385 g/mol. The van der Waals surface area contributed by atoms with Gasteiger partial charge in [-0.15, -0.1) is 0 Å². The molecular formula is C21H29N4O3+. The minimum Gasteiger partial charge on any atom is -0.327 e. The van der Waals surface area contributed by atoms with Crippen LogP contribution in [0, 0.1) is 11.8 Å². The van der Waals surface area contributed by atoms with Gasteiger partial charge in [0.2, 0.25) is 0 Å².